The van der Waals surface area contributed by atoms with Gasteiger partial charge in [-0.2, -0.15) is 0 Å². The van der Waals surface area contributed by atoms with Crippen LogP contribution in [0, 0.1) is 0 Å². The molecule has 5 heteroatoms. The van der Waals surface area contributed by atoms with Crippen LogP contribution in [0.5, 0.6) is 5.75 Å². The maximum absolute atomic E-state index is 6.05. The second kappa shape index (κ2) is 7.94. The first-order chi connectivity index (χ1) is 10.1. The predicted molar refractivity (Wildman–Crippen MR) is 84.8 cm³/mol. The van der Waals surface area contributed by atoms with Crippen LogP contribution in [0.15, 0.2) is 41.4 Å². The summed E-state index contributed by atoms with van der Waals surface area (Å²) in [5.74, 6) is 0.817. The average molecular weight is 357 g/mol. The van der Waals surface area contributed by atoms with Crippen molar-refractivity contribution in [1.29, 1.82) is 0 Å². The summed E-state index contributed by atoms with van der Waals surface area (Å²) in [4.78, 5) is 0. The summed E-state index contributed by atoms with van der Waals surface area (Å²) < 4.78 is 23.9. The molecule has 1 aromatic rings. The molecule has 0 unspecified atom stereocenters. The molecule has 0 spiro atoms. The van der Waals surface area contributed by atoms with E-state index in [1.807, 2.05) is 31.2 Å². The molecule has 2 rings (SSSR count). The first-order valence-corrected chi connectivity index (χ1v) is 7.73. The van der Waals surface area contributed by atoms with E-state index in [1.54, 1.807) is 6.08 Å². The highest BCUT2D eigenvalue weighted by Crippen LogP contribution is 2.22. The van der Waals surface area contributed by atoms with Crippen molar-refractivity contribution in [2.24, 2.45) is 0 Å². The summed E-state index contributed by atoms with van der Waals surface area (Å²) in [6, 6.07) is 7.72. The first kappa shape index (κ1) is 16.5. The topological polar surface area (TPSA) is 36.9 Å². The minimum Gasteiger partial charge on any atom is -0.491 e. The third-order valence-corrected chi connectivity index (χ3v) is 3.58. The molecule has 1 saturated heterocycles. The van der Waals surface area contributed by atoms with E-state index < -0.39 is 5.60 Å². The van der Waals surface area contributed by atoms with Gasteiger partial charge in [0, 0.05) is 4.47 Å². The molecule has 1 aliphatic rings. The van der Waals surface area contributed by atoms with Crippen LogP contribution in [-0.4, -0.2) is 44.7 Å². The van der Waals surface area contributed by atoms with Gasteiger partial charge in [0.05, 0.1) is 26.4 Å². The van der Waals surface area contributed by atoms with Crippen molar-refractivity contribution in [3.63, 3.8) is 0 Å². The SMILES string of the molecule is C=CCOC[C@@]1(C)COC[C@@H](COc2ccc(Br)cc2)O1. The zero-order chi connectivity index (χ0) is 15.1. The highest BCUT2D eigenvalue weighted by Gasteiger charge is 2.34. The van der Waals surface area contributed by atoms with E-state index in [4.69, 9.17) is 18.9 Å². The van der Waals surface area contributed by atoms with E-state index in [9.17, 15) is 0 Å². The molecule has 0 radical (unpaired) electrons. The standard InChI is InChI=1S/C16H21BrO4/c1-3-8-18-11-16(2)12-19-9-15(21-16)10-20-14-6-4-13(17)5-7-14/h3-7,15H,1,8-12H2,2H3/t15-,16-/m0/s1. The number of rotatable bonds is 7. The van der Waals surface area contributed by atoms with E-state index in [-0.39, 0.29) is 6.10 Å². The van der Waals surface area contributed by atoms with Crippen LogP contribution >= 0.6 is 15.9 Å². The molecule has 0 amide bonds. The van der Waals surface area contributed by atoms with Gasteiger partial charge >= 0.3 is 0 Å². The Hall–Kier alpha value is -0.880. The van der Waals surface area contributed by atoms with Crippen LogP contribution in [0.2, 0.25) is 0 Å². The fourth-order valence-corrected chi connectivity index (χ4v) is 2.38. The van der Waals surface area contributed by atoms with Gasteiger partial charge in [0.25, 0.3) is 0 Å². The Morgan fingerprint density at radius 2 is 2.19 bits per heavy atom. The molecule has 0 bridgehead atoms. The van der Waals surface area contributed by atoms with Crippen molar-refractivity contribution in [2.45, 2.75) is 18.6 Å². The van der Waals surface area contributed by atoms with Crippen molar-refractivity contribution in [3.8, 4) is 5.75 Å². The van der Waals surface area contributed by atoms with Crippen LogP contribution in [0.1, 0.15) is 6.92 Å². The summed E-state index contributed by atoms with van der Waals surface area (Å²) in [5.41, 5.74) is -0.436. The highest BCUT2D eigenvalue weighted by molar-refractivity contribution is 9.10. The van der Waals surface area contributed by atoms with Crippen LogP contribution in [0.3, 0.4) is 0 Å². The summed E-state index contributed by atoms with van der Waals surface area (Å²) >= 11 is 3.40. The van der Waals surface area contributed by atoms with Gasteiger partial charge in [-0.25, -0.2) is 0 Å². The number of hydrogen-bond acceptors (Lipinski definition) is 4. The second-order valence-corrected chi connectivity index (χ2v) is 6.19. The minimum absolute atomic E-state index is 0.0975. The summed E-state index contributed by atoms with van der Waals surface area (Å²) in [6.45, 7) is 8.13. The van der Waals surface area contributed by atoms with Gasteiger partial charge < -0.3 is 18.9 Å². The van der Waals surface area contributed by atoms with Crippen molar-refractivity contribution in [2.75, 3.05) is 33.0 Å². The molecule has 116 valence electrons. The number of hydrogen-bond donors (Lipinski definition) is 0. The Morgan fingerprint density at radius 1 is 1.43 bits per heavy atom. The fraction of sp³-hybridized carbons (Fsp3) is 0.500. The predicted octanol–water partition coefficient (Wildman–Crippen LogP) is 3.20. The lowest BCUT2D eigenvalue weighted by Crippen LogP contribution is -2.50. The molecule has 0 aliphatic carbocycles. The van der Waals surface area contributed by atoms with Gasteiger partial charge in [0.2, 0.25) is 0 Å². The van der Waals surface area contributed by atoms with Crippen LogP contribution in [-0.2, 0) is 14.2 Å². The quantitative estimate of drug-likeness (QED) is 0.555. The van der Waals surface area contributed by atoms with E-state index in [0.717, 1.165) is 10.2 Å². The van der Waals surface area contributed by atoms with Crippen LogP contribution in [0.25, 0.3) is 0 Å². The zero-order valence-corrected chi connectivity index (χ0v) is 13.8. The van der Waals surface area contributed by atoms with E-state index in [0.29, 0.717) is 33.0 Å². The van der Waals surface area contributed by atoms with Crippen LogP contribution < -0.4 is 4.74 Å². The first-order valence-electron chi connectivity index (χ1n) is 6.94. The molecular formula is C16H21BrO4. The van der Waals surface area contributed by atoms with Gasteiger partial charge in [-0.3, -0.25) is 0 Å². The second-order valence-electron chi connectivity index (χ2n) is 5.27. The van der Waals surface area contributed by atoms with Gasteiger partial charge in [-0.15, -0.1) is 6.58 Å². The van der Waals surface area contributed by atoms with E-state index in [2.05, 4.69) is 22.5 Å². The Bertz CT molecular complexity index is 448. The molecule has 4 nitrogen and oxygen atoms in total. The van der Waals surface area contributed by atoms with E-state index in [1.165, 1.54) is 0 Å². The summed E-state index contributed by atoms with van der Waals surface area (Å²) in [6.07, 6.45) is 1.63. The van der Waals surface area contributed by atoms with Gasteiger partial charge in [0.15, 0.2) is 0 Å². The Labute approximate surface area is 134 Å². The lowest BCUT2D eigenvalue weighted by Gasteiger charge is -2.38. The molecule has 1 aliphatic heterocycles. The molecule has 1 aromatic carbocycles. The molecule has 1 fully saturated rings. The maximum atomic E-state index is 6.05. The Balaban J connectivity index is 1.80. The van der Waals surface area contributed by atoms with Crippen molar-refractivity contribution < 1.29 is 18.9 Å². The van der Waals surface area contributed by atoms with Gasteiger partial charge in [-0.1, -0.05) is 22.0 Å². The molecular weight excluding hydrogens is 336 g/mol. The normalized spacial score (nSPS) is 25.5. The lowest BCUT2D eigenvalue weighted by molar-refractivity contribution is -0.215. The summed E-state index contributed by atoms with van der Waals surface area (Å²) in [7, 11) is 0. The van der Waals surface area contributed by atoms with Crippen LogP contribution in [0.4, 0.5) is 0 Å². The monoisotopic (exact) mass is 356 g/mol. The molecule has 0 saturated carbocycles. The maximum Gasteiger partial charge on any atom is 0.119 e. The van der Waals surface area contributed by atoms with Crippen molar-refractivity contribution in [1.82, 2.24) is 0 Å². The van der Waals surface area contributed by atoms with E-state index >= 15 is 0 Å². The number of ether oxygens (including phenoxy) is 4. The lowest BCUT2D eigenvalue weighted by atomic mass is 10.1. The van der Waals surface area contributed by atoms with Crippen molar-refractivity contribution >= 4 is 15.9 Å². The minimum atomic E-state index is -0.436. The Morgan fingerprint density at radius 3 is 2.90 bits per heavy atom. The molecule has 21 heavy (non-hydrogen) atoms. The molecule has 2 atom stereocenters. The highest BCUT2D eigenvalue weighted by atomic mass is 79.9. The van der Waals surface area contributed by atoms with Gasteiger partial charge in [-0.05, 0) is 31.2 Å². The molecule has 1 heterocycles. The smallest absolute Gasteiger partial charge is 0.119 e. The van der Waals surface area contributed by atoms with Crippen molar-refractivity contribution in [3.05, 3.63) is 41.4 Å². The zero-order valence-electron chi connectivity index (χ0n) is 12.2. The van der Waals surface area contributed by atoms with Gasteiger partial charge in [0.1, 0.15) is 24.1 Å². The Kier molecular flexibility index (Phi) is 6.23. The number of halogens is 1. The molecule has 0 aromatic heterocycles. The summed E-state index contributed by atoms with van der Waals surface area (Å²) in [5, 5.41) is 0. The third-order valence-electron chi connectivity index (χ3n) is 3.05. The largest absolute Gasteiger partial charge is 0.491 e. The average Bonchev–Trinajstić information content (AvgIpc) is 2.47. The third kappa shape index (κ3) is 5.43. The number of benzene rings is 1. The molecule has 0 N–H and O–H groups in total. The fourth-order valence-electron chi connectivity index (χ4n) is 2.11.